The fraction of sp³-hybridized carbons (Fsp3) is 1.00. The van der Waals surface area contributed by atoms with Gasteiger partial charge in [-0.3, -0.25) is 0 Å². The van der Waals surface area contributed by atoms with Crippen molar-refractivity contribution < 1.29 is 4.74 Å². The van der Waals surface area contributed by atoms with E-state index in [2.05, 4.69) is 0 Å². The minimum absolute atomic E-state index is 0.877. The van der Waals surface area contributed by atoms with Crippen molar-refractivity contribution in [2.75, 3.05) is 13.2 Å². The van der Waals surface area contributed by atoms with Gasteiger partial charge in [-0.1, -0.05) is 5.28 Å². The van der Waals surface area contributed by atoms with Crippen LogP contribution in [0.2, 0.25) is 5.28 Å². The molecule has 0 aromatic rings. The van der Waals surface area contributed by atoms with E-state index in [4.69, 9.17) is 4.74 Å². The maximum atomic E-state index is 5.02. The average Bonchev–Trinajstić information content (AvgIpc) is 1.61. The molecule has 6 heavy (non-hydrogen) atoms. The molecule has 0 aliphatic rings. The van der Waals surface area contributed by atoms with E-state index in [1.165, 1.54) is 21.6 Å². The third kappa shape index (κ3) is 4.49. The summed E-state index contributed by atoms with van der Waals surface area (Å²) in [6, 6.07) is 0. The van der Waals surface area contributed by atoms with Gasteiger partial charge in [-0.05, 0) is 6.92 Å². The summed E-state index contributed by atoms with van der Waals surface area (Å²) >= 11 is 1.28. The highest BCUT2D eigenvalue weighted by atomic mass is 27.0. The lowest BCUT2D eigenvalue weighted by molar-refractivity contribution is 0.162. The van der Waals surface area contributed by atoms with E-state index in [9.17, 15) is 0 Å². The molecule has 2 heteroatoms. The van der Waals surface area contributed by atoms with Crippen LogP contribution in [0.3, 0.4) is 0 Å². The highest BCUT2D eigenvalue weighted by molar-refractivity contribution is 6.08. The molecule has 0 unspecified atom stereocenters. The molecule has 1 nitrogen and oxygen atoms in total. The van der Waals surface area contributed by atoms with E-state index >= 15 is 0 Å². The van der Waals surface area contributed by atoms with Gasteiger partial charge in [0.05, 0.1) is 0 Å². The predicted octanol–water partition coefficient (Wildman–Crippen LogP) is 0.0743. The van der Waals surface area contributed by atoms with Crippen molar-refractivity contribution in [2.45, 2.75) is 12.2 Å². The van der Waals surface area contributed by atoms with E-state index in [0.717, 1.165) is 13.2 Å². The normalized spacial score (nSPS) is 8.83. The smallest absolute Gasteiger partial charge is 0.215 e. The van der Waals surface area contributed by atoms with Crippen molar-refractivity contribution in [2.24, 2.45) is 0 Å². The van der Waals surface area contributed by atoms with Gasteiger partial charge < -0.3 is 4.74 Å². The minimum atomic E-state index is 0.877. The molecule has 0 rings (SSSR count). The summed E-state index contributed by atoms with van der Waals surface area (Å²) in [5.74, 6) is 0. The van der Waals surface area contributed by atoms with Crippen LogP contribution in [-0.2, 0) is 4.74 Å². The summed E-state index contributed by atoms with van der Waals surface area (Å²) in [5, 5.41) is 1.27. The summed E-state index contributed by atoms with van der Waals surface area (Å²) in [6.07, 6.45) is 0. The molecule has 0 bridgehead atoms. The molecule has 0 fully saturated rings. The lowest BCUT2D eigenvalue weighted by Gasteiger charge is -1.91. The van der Waals surface area contributed by atoms with Crippen LogP contribution in [0.25, 0.3) is 0 Å². The zero-order valence-corrected chi connectivity index (χ0v) is 6.53. The monoisotopic (exact) mass is 102 g/mol. The zero-order valence-electron chi connectivity index (χ0n) is 4.53. The quantitative estimate of drug-likeness (QED) is 0.362. The summed E-state index contributed by atoms with van der Waals surface area (Å²) < 4.78 is 5.02. The first kappa shape index (κ1) is 6.49. The second kappa shape index (κ2) is 5.49. The van der Waals surface area contributed by atoms with Gasteiger partial charge in [0, 0.05) is 13.2 Å². The molecule has 0 amide bonds. The SMILES string of the molecule is CCOC[CH2][AlH2]. The van der Waals surface area contributed by atoms with Crippen LogP contribution in [0.1, 0.15) is 6.92 Å². The van der Waals surface area contributed by atoms with Gasteiger partial charge in [-0.2, -0.15) is 0 Å². The zero-order chi connectivity index (χ0) is 4.83. The third-order valence-electron chi connectivity index (χ3n) is 0.553. The molecular weight excluding hydrogens is 91.0 g/mol. The summed E-state index contributed by atoms with van der Waals surface area (Å²) in [4.78, 5) is 0. The maximum Gasteiger partial charge on any atom is 0.215 e. The van der Waals surface area contributed by atoms with Crippen LogP contribution in [0, 0.1) is 0 Å². The van der Waals surface area contributed by atoms with Crippen molar-refractivity contribution in [1.29, 1.82) is 0 Å². The topological polar surface area (TPSA) is 9.23 Å². The number of ether oxygens (including phenoxy) is 1. The first-order valence-corrected chi connectivity index (χ1v) is 3.91. The molecule has 0 aromatic heterocycles. The minimum Gasteiger partial charge on any atom is -0.383 e. The standard InChI is InChI=1S/C4H9O.Al.2H/c1-3-5-4-2;;;/h1,3-4H2,2H3;;;. The average molecular weight is 102 g/mol. The molecular formula is C4H11AlO. The summed E-state index contributed by atoms with van der Waals surface area (Å²) in [5.41, 5.74) is 0. The van der Waals surface area contributed by atoms with Gasteiger partial charge in [-0.25, -0.2) is 0 Å². The Morgan fingerprint density at radius 3 is 2.50 bits per heavy atom. The first-order chi connectivity index (χ1) is 2.91. The predicted molar refractivity (Wildman–Crippen MR) is 29.8 cm³/mol. The molecule has 0 heterocycles. The Labute approximate surface area is 47.1 Å². The van der Waals surface area contributed by atoms with Crippen LogP contribution >= 0.6 is 0 Å². The highest BCUT2D eigenvalue weighted by Gasteiger charge is 1.73. The lowest BCUT2D eigenvalue weighted by atomic mass is 10.8. The first-order valence-electron chi connectivity index (χ1n) is 2.49. The van der Waals surface area contributed by atoms with Crippen molar-refractivity contribution in [3.05, 3.63) is 0 Å². The Morgan fingerprint density at radius 1 is 1.67 bits per heavy atom. The molecule has 36 valence electrons. The Bertz CT molecular complexity index is 19.5. The van der Waals surface area contributed by atoms with Gasteiger partial charge in [0.25, 0.3) is 0 Å². The van der Waals surface area contributed by atoms with Gasteiger partial charge in [0.15, 0.2) is 0 Å². The van der Waals surface area contributed by atoms with E-state index in [0.29, 0.717) is 0 Å². The van der Waals surface area contributed by atoms with E-state index in [-0.39, 0.29) is 0 Å². The largest absolute Gasteiger partial charge is 0.383 e. The molecule has 0 aromatic carbocycles. The fourth-order valence-corrected chi connectivity index (χ4v) is 0.577. The molecule has 0 radical (unpaired) electrons. The van der Waals surface area contributed by atoms with Crippen LogP contribution in [0.4, 0.5) is 0 Å². The Kier molecular flexibility index (Phi) is 5.94. The number of hydrogen-bond donors (Lipinski definition) is 0. The second-order valence-electron chi connectivity index (χ2n) is 1.20. The van der Waals surface area contributed by atoms with E-state index in [1.54, 1.807) is 0 Å². The lowest BCUT2D eigenvalue weighted by Crippen LogP contribution is -1.90. The van der Waals surface area contributed by atoms with Crippen molar-refractivity contribution >= 4 is 16.3 Å². The molecule has 0 N–H and O–H groups in total. The van der Waals surface area contributed by atoms with Gasteiger partial charge >= 0.3 is 0 Å². The number of hydrogen-bond acceptors (Lipinski definition) is 1. The molecule has 0 aliphatic carbocycles. The van der Waals surface area contributed by atoms with Crippen LogP contribution in [0.15, 0.2) is 0 Å². The third-order valence-corrected chi connectivity index (χ3v) is 0.961. The van der Waals surface area contributed by atoms with Crippen LogP contribution in [-0.4, -0.2) is 29.5 Å². The molecule has 0 aliphatic heterocycles. The Balaban J connectivity index is 2.34. The summed E-state index contributed by atoms with van der Waals surface area (Å²) in [7, 11) is 0. The van der Waals surface area contributed by atoms with Crippen molar-refractivity contribution in [1.82, 2.24) is 0 Å². The van der Waals surface area contributed by atoms with Crippen molar-refractivity contribution in [3.63, 3.8) is 0 Å². The van der Waals surface area contributed by atoms with Gasteiger partial charge in [0.2, 0.25) is 16.3 Å². The molecule has 0 spiro atoms. The summed E-state index contributed by atoms with van der Waals surface area (Å²) in [6.45, 7) is 3.88. The molecule has 0 atom stereocenters. The van der Waals surface area contributed by atoms with Crippen LogP contribution in [0.5, 0.6) is 0 Å². The van der Waals surface area contributed by atoms with E-state index < -0.39 is 0 Å². The fourth-order valence-electron chi connectivity index (χ4n) is 0.289. The van der Waals surface area contributed by atoms with Gasteiger partial charge in [-0.15, -0.1) is 0 Å². The van der Waals surface area contributed by atoms with Crippen molar-refractivity contribution in [3.8, 4) is 0 Å². The Morgan fingerprint density at radius 2 is 2.33 bits per heavy atom. The van der Waals surface area contributed by atoms with E-state index in [1.807, 2.05) is 6.92 Å². The molecule has 0 saturated heterocycles. The van der Waals surface area contributed by atoms with Crippen LogP contribution < -0.4 is 0 Å². The second-order valence-corrected chi connectivity index (χ2v) is 2.20. The number of rotatable bonds is 3. The Hall–Kier alpha value is 0.492. The highest BCUT2D eigenvalue weighted by Crippen LogP contribution is 1.73. The molecule has 0 saturated carbocycles. The maximum absolute atomic E-state index is 5.02. The van der Waals surface area contributed by atoms with Gasteiger partial charge in [0.1, 0.15) is 0 Å².